The summed E-state index contributed by atoms with van der Waals surface area (Å²) in [6.45, 7) is 2.21. The van der Waals surface area contributed by atoms with Crippen LogP contribution in [0.15, 0.2) is 23.7 Å². The van der Waals surface area contributed by atoms with Gasteiger partial charge in [-0.05, 0) is 6.92 Å². The van der Waals surface area contributed by atoms with E-state index in [0.29, 0.717) is 12.3 Å². The topological polar surface area (TPSA) is 71.2 Å². The molecule has 0 amide bonds. The van der Waals surface area contributed by atoms with E-state index in [1.54, 1.807) is 6.92 Å². The highest BCUT2D eigenvalue weighted by molar-refractivity contribution is 6.09. The summed E-state index contributed by atoms with van der Waals surface area (Å²) in [6.07, 6.45) is 4.48. The standard InChI is InChI=1S/C8H8N4O/c1-2-13-12-7(5-9)8-6-10-3-4-11-8/h3-4,6H,2H2,1H3. The van der Waals surface area contributed by atoms with Gasteiger partial charge < -0.3 is 4.84 Å². The summed E-state index contributed by atoms with van der Waals surface area (Å²) in [5.74, 6) is 0. The number of hydrogen-bond acceptors (Lipinski definition) is 5. The van der Waals surface area contributed by atoms with Crippen LogP contribution in [0.25, 0.3) is 0 Å². The first-order chi connectivity index (χ1) is 6.38. The van der Waals surface area contributed by atoms with Gasteiger partial charge in [0.2, 0.25) is 5.71 Å². The molecular weight excluding hydrogens is 168 g/mol. The molecule has 0 saturated carbocycles. The van der Waals surface area contributed by atoms with Crippen molar-refractivity contribution in [3.05, 3.63) is 24.3 Å². The zero-order chi connectivity index (χ0) is 9.52. The molecule has 66 valence electrons. The molecule has 1 heterocycles. The average Bonchev–Trinajstić information content (AvgIpc) is 2.21. The van der Waals surface area contributed by atoms with E-state index >= 15 is 0 Å². The minimum absolute atomic E-state index is 0.134. The highest BCUT2D eigenvalue weighted by Crippen LogP contribution is 1.94. The van der Waals surface area contributed by atoms with E-state index in [4.69, 9.17) is 10.1 Å². The van der Waals surface area contributed by atoms with Crippen LogP contribution in [-0.2, 0) is 4.84 Å². The van der Waals surface area contributed by atoms with Gasteiger partial charge in [-0.1, -0.05) is 5.16 Å². The van der Waals surface area contributed by atoms with Gasteiger partial charge in [-0.15, -0.1) is 0 Å². The second kappa shape index (κ2) is 4.83. The van der Waals surface area contributed by atoms with Crippen molar-refractivity contribution < 1.29 is 4.84 Å². The van der Waals surface area contributed by atoms with Gasteiger partial charge in [0.1, 0.15) is 18.4 Å². The van der Waals surface area contributed by atoms with Crippen LogP contribution in [0.2, 0.25) is 0 Å². The molecule has 0 bridgehead atoms. The van der Waals surface area contributed by atoms with Crippen LogP contribution >= 0.6 is 0 Å². The van der Waals surface area contributed by atoms with E-state index in [1.807, 2.05) is 6.07 Å². The van der Waals surface area contributed by atoms with E-state index in [2.05, 4.69) is 15.1 Å². The first-order valence-electron chi connectivity index (χ1n) is 3.75. The van der Waals surface area contributed by atoms with Gasteiger partial charge in [0, 0.05) is 12.4 Å². The number of aromatic nitrogens is 2. The molecule has 0 saturated heterocycles. The Labute approximate surface area is 75.7 Å². The van der Waals surface area contributed by atoms with Crippen LogP contribution in [0.1, 0.15) is 12.6 Å². The highest BCUT2D eigenvalue weighted by atomic mass is 16.6. The summed E-state index contributed by atoms with van der Waals surface area (Å²) in [4.78, 5) is 12.5. The lowest BCUT2D eigenvalue weighted by Crippen LogP contribution is -2.02. The Bertz CT molecular complexity index is 328. The van der Waals surface area contributed by atoms with Crippen LogP contribution < -0.4 is 0 Å². The molecule has 1 aromatic rings. The van der Waals surface area contributed by atoms with Crippen molar-refractivity contribution in [2.75, 3.05) is 6.61 Å². The molecule has 0 atom stereocenters. The fourth-order valence-corrected chi connectivity index (χ4v) is 0.675. The number of rotatable bonds is 3. The van der Waals surface area contributed by atoms with Crippen molar-refractivity contribution in [1.29, 1.82) is 5.26 Å². The van der Waals surface area contributed by atoms with Crippen molar-refractivity contribution in [2.45, 2.75) is 6.92 Å². The van der Waals surface area contributed by atoms with Crippen molar-refractivity contribution in [2.24, 2.45) is 5.16 Å². The lowest BCUT2D eigenvalue weighted by Gasteiger charge is -1.95. The third kappa shape index (κ3) is 2.52. The van der Waals surface area contributed by atoms with Crippen molar-refractivity contribution in [3.8, 4) is 6.07 Å². The number of oxime groups is 1. The Morgan fingerprint density at radius 3 is 3.08 bits per heavy atom. The molecule has 0 aliphatic rings. The van der Waals surface area contributed by atoms with Gasteiger partial charge >= 0.3 is 0 Å². The Hall–Kier alpha value is -1.96. The monoisotopic (exact) mass is 176 g/mol. The molecule has 1 rings (SSSR count). The summed E-state index contributed by atoms with van der Waals surface area (Å²) in [7, 11) is 0. The van der Waals surface area contributed by atoms with Gasteiger partial charge in [0.25, 0.3) is 0 Å². The summed E-state index contributed by atoms with van der Waals surface area (Å²) in [5.41, 5.74) is 0.549. The maximum absolute atomic E-state index is 8.68. The van der Waals surface area contributed by atoms with Gasteiger partial charge in [-0.2, -0.15) is 5.26 Å². The minimum atomic E-state index is 0.134. The van der Waals surface area contributed by atoms with E-state index < -0.39 is 0 Å². The van der Waals surface area contributed by atoms with E-state index in [-0.39, 0.29) is 5.71 Å². The molecule has 13 heavy (non-hydrogen) atoms. The quantitative estimate of drug-likeness (QED) is 0.503. The second-order valence-electron chi connectivity index (χ2n) is 2.06. The van der Waals surface area contributed by atoms with Crippen LogP contribution in [0.5, 0.6) is 0 Å². The predicted molar refractivity (Wildman–Crippen MR) is 45.8 cm³/mol. The number of nitrogens with zero attached hydrogens (tertiary/aromatic N) is 4. The molecule has 5 heteroatoms. The molecule has 0 aliphatic heterocycles. The Morgan fingerprint density at radius 2 is 2.54 bits per heavy atom. The summed E-state index contributed by atoms with van der Waals surface area (Å²) >= 11 is 0. The maximum Gasteiger partial charge on any atom is 0.206 e. The molecule has 0 spiro atoms. The van der Waals surface area contributed by atoms with Crippen molar-refractivity contribution in [3.63, 3.8) is 0 Å². The molecule has 0 radical (unpaired) electrons. The van der Waals surface area contributed by atoms with Gasteiger partial charge in [-0.3, -0.25) is 9.97 Å². The normalized spacial score (nSPS) is 10.6. The largest absolute Gasteiger partial charge is 0.395 e. The van der Waals surface area contributed by atoms with E-state index in [9.17, 15) is 0 Å². The second-order valence-corrected chi connectivity index (χ2v) is 2.06. The smallest absolute Gasteiger partial charge is 0.206 e. The van der Waals surface area contributed by atoms with Crippen molar-refractivity contribution in [1.82, 2.24) is 9.97 Å². The van der Waals surface area contributed by atoms with Crippen LogP contribution in [0, 0.1) is 11.3 Å². The molecule has 0 aliphatic carbocycles. The van der Waals surface area contributed by atoms with E-state index in [1.165, 1.54) is 18.6 Å². The fourth-order valence-electron chi connectivity index (χ4n) is 0.675. The molecule has 1 aromatic heterocycles. The SMILES string of the molecule is CCON=C(C#N)c1cnccn1. The number of nitriles is 1. The van der Waals surface area contributed by atoms with Crippen molar-refractivity contribution >= 4 is 5.71 Å². The fraction of sp³-hybridized carbons (Fsp3) is 0.250. The van der Waals surface area contributed by atoms with Gasteiger partial charge in [0.05, 0.1) is 6.20 Å². The Balaban J connectivity index is 2.87. The minimum Gasteiger partial charge on any atom is -0.395 e. The molecule has 0 N–H and O–H groups in total. The Kier molecular flexibility index (Phi) is 3.39. The first kappa shape index (κ1) is 9.13. The van der Waals surface area contributed by atoms with Crippen LogP contribution in [0.3, 0.4) is 0 Å². The zero-order valence-electron chi connectivity index (χ0n) is 7.14. The summed E-state index contributed by atoms with van der Waals surface area (Å²) in [5, 5.41) is 12.3. The highest BCUT2D eigenvalue weighted by Gasteiger charge is 2.03. The average molecular weight is 176 g/mol. The predicted octanol–water partition coefficient (Wildman–Crippen LogP) is 0.741. The molecule has 0 aromatic carbocycles. The van der Waals surface area contributed by atoms with Gasteiger partial charge in [0.15, 0.2) is 0 Å². The molecule has 0 unspecified atom stereocenters. The molecule has 5 nitrogen and oxygen atoms in total. The maximum atomic E-state index is 8.68. The Morgan fingerprint density at radius 1 is 1.69 bits per heavy atom. The summed E-state index contributed by atoms with van der Waals surface area (Å²) < 4.78 is 0. The third-order valence-corrected chi connectivity index (χ3v) is 1.20. The molecule has 0 fully saturated rings. The van der Waals surface area contributed by atoms with Gasteiger partial charge in [-0.25, -0.2) is 0 Å². The van der Waals surface area contributed by atoms with Crippen LogP contribution in [0.4, 0.5) is 0 Å². The molecular formula is C8H8N4O. The number of hydrogen-bond donors (Lipinski definition) is 0. The third-order valence-electron chi connectivity index (χ3n) is 1.20. The van der Waals surface area contributed by atoms with E-state index in [0.717, 1.165) is 0 Å². The zero-order valence-corrected chi connectivity index (χ0v) is 7.14. The lowest BCUT2D eigenvalue weighted by molar-refractivity contribution is 0.159. The summed E-state index contributed by atoms with van der Waals surface area (Å²) in [6, 6.07) is 1.88. The first-order valence-corrected chi connectivity index (χ1v) is 3.75. The lowest BCUT2D eigenvalue weighted by atomic mass is 10.3. The van der Waals surface area contributed by atoms with Crippen LogP contribution in [-0.4, -0.2) is 22.3 Å².